The highest BCUT2D eigenvalue weighted by Gasteiger charge is 2.27. The van der Waals surface area contributed by atoms with E-state index in [2.05, 4.69) is 61.6 Å². The molecule has 0 saturated heterocycles. The largest absolute Gasteiger partial charge is 0.399 e. The van der Waals surface area contributed by atoms with Crippen molar-refractivity contribution in [2.45, 2.75) is 104 Å². The van der Waals surface area contributed by atoms with Crippen LogP contribution in [0.25, 0.3) is 0 Å². The number of nitrogens with zero attached hydrogens (tertiary/aromatic N) is 1. The summed E-state index contributed by atoms with van der Waals surface area (Å²) in [6.07, 6.45) is 16.4. The van der Waals surface area contributed by atoms with Crippen molar-refractivity contribution in [3.63, 3.8) is 0 Å². The fourth-order valence-corrected chi connectivity index (χ4v) is 4.96. The molecule has 1 aromatic rings. The number of quaternary nitrogens is 1. The summed E-state index contributed by atoms with van der Waals surface area (Å²) in [5.74, 6) is 0. The van der Waals surface area contributed by atoms with Gasteiger partial charge in [0.05, 0.1) is 19.6 Å². The van der Waals surface area contributed by atoms with Crippen LogP contribution in [0.1, 0.15) is 103 Å². The number of hydrogen-bond acceptors (Lipinski definition) is 1. The summed E-state index contributed by atoms with van der Waals surface area (Å²) in [4.78, 5) is 0. The zero-order valence-corrected chi connectivity index (χ0v) is 21.1. The Bertz CT molecular complexity index is 484. The van der Waals surface area contributed by atoms with Crippen LogP contribution in [0, 0.1) is 3.57 Å². The van der Waals surface area contributed by atoms with Gasteiger partial charge in [-0.2, -0.15) is 0 Å². The average molecular weight is 502 g/mol. The highest BCUT2D eigenvalue weighted by molar-refractivity contribution is 14.1. The molecule has 0 aliphatic rings. The van der Waals surface area contributed by atoms with Gasteiger partial charge in [-0.05, 0) is 73.2 Å². The highest BCUT2D eigenvalue weighted by atomic mass is 127. The molecular formula is C25H46IN2+. The van der Waals surface area contributed by atoms with Gasteiger partial charge < -0.3 is 10.2 Å². The predicted molar refractivity (Wildman–Crippen MR) is 135 cm³/mol. The number of anilines is 1. The lowest BCUT2D eigenvalue weighted by Gasteiger charge is -2.40. The third-order valence-corrected chi connectivity index (χ3v) is 7.05. The van der Waals surface area contributed by atoms with Gasteiger partial charge in [-0.3, -0.25) is 0 Å². The second-order valence-corrected chi connectivity index (χ2v) is 9.87. The minimum absolute atomic E-state index is 0.889. The van der Waals surface area contributed by atoms with Crippen molar-refractivity contribution in [3.8, 4) is 0 Å². The van der Waals surface area contributed by atoms with Crippen molar-refractivity contribution in [2.75, 3.05) is 25.4 Å². The smallest absolute Gasteiger partial charge is 0.105 e. The molecule has 3 heteroatoms. The Balaban J connectivity index is 2.92. The van der Waals surface area contributed by atoms with E-state index in [4.69, 9.17) is 5.73 Å². The summed E-state index contributed by atoms with van der Waals surface area (Å²) in [6.45, 7) is 12.2. The van der Waals surface area contributed by atoms with Gasteiger partial charge >= 0.3 is 0 Å². The Hall–Kier alpha value is -0.290. The molecule has 162 valence electrons. The van der Waals surface area contributed by atoms with Gasteiger partial charge in [0.1, 0.15) is 6.54 Å². The first-order chi connectivity index (χ1) is 13.6. The minimum atomic E-state index is 0.889. The van der Waals surface area contributed by atoms with E-state index in [9.17, 15) is 0 Å². The zero-order chi connectivity index (χ0) is 20.7. The molecule has 28 heavy (non-hydrogen) atoms. The Morgan fingerprint density at radius 3 is 1.57 bits per heavy atom. The van der Waals surface area contributed by atoms with Crippen LogP contribution < -0.4 is 5.73 Å². The normalized spacial score (nSPS) is 11.9. The molecule has 0 atom stereocenters. The molecule has 0 amide bonds. The molecule has 1 aromatic carbocycles. The Morgan fingerprint density at radius 2 is 1.18 bits per heavy atom. The molecule has 0 radical (unpaired) electrons. The minimum Gasteiger partial charge on any atom is -0.399 e. The van der Waals surface area contributed by atoms with Crippen LogP contribution in [0.5, 0.6) is 0 Å². The van der Waals surface area contributed by atoms with Crippen LogP contribution >= 0.6 is 22.6 Å². The van der Waals surface area contributed by atoms with Crippen molar-refractivity contribution in [1.82, 2.24) is 0 Å². The van der Waals surface area contributed by atoms with E-state index in [0.29, 0.717) is 0 Å². The second-order valence-electron chi connectivity index (χ2n) is 8.70. The fraction of sp³-hybridized carbons (Fsp3) is 0.760. The van der Waals surface area contributed by atoms with E-state index in [-0.39, 0.29) is 0 Å². The van der Waals surface area contributed by atoms with Crippen LogP contribution in [0.2, 0.25) is 0 Å². The maximum absolute atomic E-state index is 6.02. The first-order valence-electron chi connectivity index (χ1n) is 12.0. The van der Waals surface area contributed by atoms with Crippen molar-refractivity contribution >= 4 is 28.3 Å². The lowest BCUT2D eigenvalue weighted by atomic mass is 10.1. The van der Waals surface area contributed by atoms with Crippen molar-refractivity contribution in [2.24, 2.45) is 0 Å². The van der Waals surface area contributed by atoms with E-state index in [1.54, 1.807) is 0 Å². The maximum Gasteiger partial charge on any atom is 0.105 e. The van der Waals surface area contributed by atoms with Crippen LogP contribution in [-0.2, 0) is 6.54 Å². The van der Waals surface area contributed by atoms with Crippen LogP contribution in [0.3, 0.4) is 0 Å². The number of rotatable bonds is 17. The maximum atomic E-state index is 6.02. The SMILES string of the molecule is CCCCCC[N+](CCCCCC)(CCCCCC)Cc1ccc(N)cc1I. The second kappa shape index (κ2) is 15.5. The van der Waals surface area contributed by atoms with Gasteiger partial charge in [-0.15, -0.1) is 0 Å². The van der Waals surface area contributed by atoms with Gasteiger partial charge in [-0.1, -0.05) is 65.4 Å². The van der Waals surface area contributed by atoms with Crippen molar-refractivity contribution in [1.29, 1.82) is 0 Å². The van der Waals surface area contributed by atoms with E-state index < -0.39 is 0 Å². The zero-order valence-electron chi connectivity index (χ0n) is 18.9. The van der Waals surface area contributed by atoms with Gasteiger partial charge in [-0.25, -0.2) is 0 Å². The quantitative estimate of drug-likeness (QED) is 0.0997. The topological polar surface area (TPSA) is 26.0 Å². The molecule has 1 rings (SSSR count). The Morgan fingerprint density at radius 1 is 0.714 bits per heavy atom. The van der Waals surface area contributed by atoms with Crippen LogP contribution in [0.15, 0.2) is 18.2 Å². The molecule has 0 aromatic heterocycles. The van der Waals surface area contributed by atoms with E-state index in [1.165, 1.54) is 117 Å². The summed E-state index contributed by atoms with van der Waals surface area (Å²) in [5.41, 5.74) is 8.41. The number of nitrogen functional groups attached to an aromatic ring is 1. The molecule has 0 unspecified atom stereocenters. The van der Waals surface area contributed by atoms with Gasteiger partial charge in [0.2, 0.25) is 0 Å². The summed E-state index contributed by atoms with van der Waals surface area (Å²) in [6, 6.07) is 6.53. The number of benzene rings is 1. The molecule has 2 nitrogen and oxygen atoms in total. The Labute approximate surface area is 189 Å². The van der Waals surface area contributed by atoms with Gasteiger partial charge in [0.25, 0.3) is 0 Å². The molecule has 0 aliphatic carbocycles. The monoisotopic (exact) mass is 501 g/mol. The van der Waals surface area contributed by atoms with E-state index in [0.717, 1.165) is 5.69 Å². The lowest BCUT2D eigenvalue weighted by Crippen LogP contribution is -2.49. The standard InChI is InChI=1S/C25H46IN2/c1-4-7-10-13-18-28(19-14-11-8-5-2,20-15-12-9-6-3)22-23-16-17-24(27)21-25(23)26/h16-17,21H,4-15,18-20,22,27H2,1-3H3/q+1. The molecule has 0 heterocycles. The molecule has 0 spiro atoms. The van der Waals surface area contributed by atoms with E-state index in [1.807, 2.05) is 0 Å². The lowest BCUT2D eigenvalue weighted by molar-refractivity contribution is -0.941. The van der Waals surface area contributed by atoms with Crippen LogP contribution in [-0.4, -0.2) is 24.1 Å². The number of hydrogen-bond donors (Lipinski definition) is 1. The summed E-state index contributed by atoms with van der Waals surface area (Å²) >= 11 is 2.49. The molecular weight excluding hydrogens is 455 g/mol. The highest BCUT2D eigenvalue weighted by Crippen LogP contribution is 2.25. The number of halogens is 1. The van der Waals surface area contributed by atoms with Crippen molar-refractivity contribution in [3.05, 3.63) is 27.3 Å². The van der Waals surface area contributed by atoms with Crippen LogP contribution in [0.4, 0.5) is 5.69 Å². The fourth-order valence-electron chi connectivity index (χ4n) is 4.25. The summed E-state index contributed by atoms with van der Waals surface area (Å²) in [7, 11) is 0. The summed E-state index contributed by atoms with van der Waals surface area (Å²) < 4.78 is 2.63. The average Bonchev–Trinajstić information content (AvgIpc) is 2.68. The predicted octanol–water partition coefficient (Wildman–Crippen LogP) is 7.93. The molecule has 0 saturated carbocycles. The van der Waals surface area contributed by atoms with Gasteiger partial charge in [0.15, 0.2) is 0 Å². The summed E-state index contributed by atoms with van der Waals surface area (Å²) in [5, 5.41) is 0. The third kappa shape index (κ3) is 10.5. The Kier molecular flexibility index (Phi) is 14.3. The molecule has 0 aliphatic heterocycles. The number of unbranched alkanes of at least 4 members (excludes halogenated alkanes) is 9. The number of nitrogens with two attached hydrogens (primary N) is 1. The molecule has 0 bridgehead atoms. The van der Waals surface area contributed by atoms with Gasteiger partial charge in [0, 0.05) is 14.8 Å². The van der Waals surface area contributed by atoms with Crippen molar-refractivity contribution < 1.29 is 4.48 Å². The first kappa shape index (κ1) is 25.7. The molecule has 0 fully saturated rings. The first-order valence-corrected chi connectivity index (χ1v) is 13.0. The molecule has 2 N–H and O–H groups in total. The van der Waals surface area contributed by atoms with E-state index >= 15 is 0 Å². The third-order valence-electron chi connectivity index (χ3n) is 6.04.